The average molecular weight is 339 g/mol. The number of rotatable bonds is 3. The quantitative estimate of drug-likeness (QED) is 0.921. The summed E-state index contributed by atoms with van der Waals surface area (Å²) < 4.78 is 37.6. The molecule has 0 aromatic heterocycles. The molecule has 0 aliphatic heterocycles. The number of amides is 1. The van der Waals surface area contributed by atoms with Gasteiger partial charge in [-0.25, -0.2) is 0 Å². The summed E-state index contributed by atoms with van der Waals surface area (Å²) in [6.45, 7) is 0. The molecule has 0 radical (unpaired) electrons. The summed E-state index contributed by atoms with van der Waals surface area (Å²) in [5, 5.41) is 11.3. The van der Waals surface area contributed by atoms with Gasteiger partial charge in [0.1, 0.15) is 5.54 Å². The van der Waals surface area contributed by atoms with Crippen LogP contribution in [-0.4, -0.2) is 36.6 Å². The highest BCUT2D eigenvalue weighted by Crippen LogP contribution is 2.44. The number of benzene rings is 1. The van der Waals surface area contributed by atoms with Crippen molar-refractivity contribution in [2.75, 3.05) is 14.1 Å². The van der Waals surface area contributed by atoms with Gasteiger partial charge in [-0.05, 0) is 45.3 Å². The molecule has 0 saturated heterocycles. The van der Waals surface area contributed by atoms with Crippen molar-refractivity contribution in [2.45, 2.75) is 42.9 Å². The monoisotopic (exact) mass is 339 g/mol. The van der Waals surface area contributed by atoms with Crippen LogP contribution in [0.5, 0.6) is 0 Å². The molecule has 0 bridgehead atoms. The van der Waals surface area contributed by atoms with Gasteiger partial charge in [0.25, 0.3) is 0 Å². The van der Waals surface area contributed by atoms with Crippen LogP contribution in [0.1, 0.15) is 31.2 Å². The van der Waals surface area contributed by atoms with E-state index < -0.39 is 17.6 Å². The topological polar surface area (TPSA) is 56.1 Å². The second-order valence-corrected chi connectivity index (χ2v) is 6.44. The Labute approximate surface area is 139 Å². The number of alkyl halides is 3. The molecule has 0 atom stereocenters. The molecule has 1 aromatic carbocycles. The summed E-state index contributed by atoms with van der Waals surface area (Å²) in [6, 6.07) is 11.6. The zero-order valence-corrected chi connectivity index (χ0v) is 13.7. The highest BCUT2D eigenvalue weighted by molar-refractivity contribution is 5.82. The molecule has 1 amide bonds. The molecule has 24 heavy (non-hydrogen) atoms. The van der Waals surface area contributed by atoms with Crippen molar-refractivity contribution in [3.63, 3.8) is 0 Å². The van der Waals surface area contributed by atoms with E-state index in [4.69, 9.17) is 0 Å². The smallest absolute Gasteiger partial charge is 0.330 e. The number of carbonyl (C=O) groups is 1. The SMILES string of the molecule is CN(C)C1(c2ccccc2)CCC(C#N)(NC(=O)C(F)(F)F)CC1. The normalized spacial score (nSPS) is 27.5. The van der Waals surface area contributed by atoms with E-state index in [1.807, 2.05) is 60.7 Å². The Bertz CT molecular complexity index is 627. The van der Waals surface area contributed by atoms with Crippen LogP contribution in [0, 0.1) is 11.3 Å². The van der Waals surface area contributed by atoms with Gasteiger partial charge in [0.15, 0.2) is 0 Å². The Kier molecular flexibility index (Phi) is 4.90. The van der Waals surface area contributed by atoms with Crippen molar-refractivity contribution in [1.82, 2.24) is 10.2 Å². The van der Waals surface area contributed by atoms with Crippen molar-refractivity contribution in [3.8, 4) is 6.07 Å². The first-order valence-electron chi connectivity index (χ1n) is 7.69. The molecule has 4 nitrogen and oxygen atoms in total. The molecule has 130 valence electrons. The first-order valence-corrected chi connectivity index (χ1v) is 7.69. The number of hydrogen-bond donors (Lipinski definition) is 1. The Morgan fingerprint density at radius 2 is 1.71 bits per heavy atom. The summed E-state index contributed by atoms with van der Waals surface area (Å²) in [6.07, 6.45) is -3.69. The van der Waals surface area contributed by atoms with Crippen LogP contribution in [0.15, 0.2) is 30.3 Å². The van der Waals surface area contributed by atoms with Gasteiger partial charge in [-0.15, -0.1) is 0 Å². The number of hydrogen-bond acceptors (Lipinski definition) is 3. The number of nitrogens with zero attached hydrogens (tertiary/aromatic N) is 2. The highest BCUT2D eigenvalue weighted by Gasteiger charge is 2.49. The largest absolute Gasteiger partial charge is 0.471 e. The maximum Gasteiger partial charge on any atom is 0.471 e. The number of nitrogens with one attached hydrogen (secondary N) is 1. The Hall–Kier alpha value is -2.07. The molecule has 7 heteroatoms. The van der Waals surface area contributed by atoms with Crippen molar-refractivity contribution in [2.24, 2.45) is 0 Å². The maximum atomic E-state index is 12.5. The maximum absolute atomic E-state index is 12.5. The van der Waals surface area contributed by atoms with Gasteiger partial charge in [0, 0.05) is 5.54 Å². The lowest BCUT2D eigenvalue weighted by atomic mass is 9.69. The van der Waals surface area contributed by atoms with Crippen LogP contribution in [0.4, 0.5) is 13.2 Å². The molecule has 1 aliphatic rings. The van der Waals surface area contributed by atoms with E-state index in [-0.39, 0.29) is 18.4 Å². The van der Waals surface area contributed by atoms with Crippen molar-refractivity contribution >= 4 is 5.91 Å². The van der Waals surface area contributed by atoms with Gasteiger partial charge < -0.3 is 5.32 Å². The molecular formula is C17H20F3N3O. The molecule has 2 rings (SSSR count). The Balaban J connectivity index is 2.23. The Morgan fingerprint density at radius 3 is 2.12 bits per heavy atom. The van der Waals surface area contributed by atoms with E-state index in [1.54, 1.807) is 0 Å². The average Bonchev–Trinajstić information content (AvgIpc) is 2.55. The van der Waals surface area contributed by atoms with Crippen LogP contribution in [0.2, 0.25) is 0 Å². The minimum atomic E-state index is -4.99. The third-order valence-electron chi connectivity index (χ3n) is 4.92. The molecule has 0 heterocycles. The zero-order valence-electron chi connectivity index (χ0n) is 13.7. The lowest BCUT2D eigenvalue weighted by molar-refractivity contribution is -0.175. The molecule has 1 aliphatic carbocycles. The molecule has 0 unspecified atom stereocenters. The fraction of sp³-hybridized carbons (Fsp3) is 0.529. The van der Waals surface area contributed by atoms with Gasteiger partial charge in [-0.3, -0.25) is 9.69 Å². The third kappa shape index (κ3) is 3.39. The fourth-order valence-electron chi connectivity index (χ4n) is 3.39. The summed E-state index contributed by atoms with van der Waals surface area (Å²) in [4.78, 5) is 13.3. The van der Waals surface area contributed by atoms with Gasteiger partial charge in [-0.2, -0.15) is 18.4 Å². The van der Waals surface area contributed by atoms with Gasteiger partial charge in [0.2, 0.25) is 0 Å². The van der Waals surface area contributed by atoms with Crippen LogP contribution >= 0.6 is 0 Å². The number of halogens is 3. The third-order valence-corrected chi connectivity index (χ3v) is 4.92. The van der Waals surface area contributed by atoms with Gasteiger partial charge in [0.05, 0.1) is 6.07 Å². The van der Waals surface area contributed by atoms with Crippen LogP contribution in [0.3, 0.4) is 0 Å². The Morgan fingerprint density at radius 1 is 1.17 bits per heavy atom. The first-order chi connectivity index (χ1) is 11.2. The zero-order chi connectivity index (χ0) is 18.0. The summed E-state index contributed by atoms with van der Waals surface area (Å²) in [5.41, 5.74) is -0.769. The summed E-state index contributed by atoms with van der Waals surface area (Å²) in [7, 11) is 3.83. The van der Waals surface area contributed by atoms with Gasteiger partial charge in [-0.1, -0.05) is 30.3 Å². The lowest BCUT2D eigenvalue weighted by Crippen LogP contribution is -2.57. The predicted octanol–water partition coefficient (Wildman–Crippen LogP) is 2.96. The van der Waals surface area contributed by atoms with E-state index in [0.29, 0.717) is 12.8 Å². The second-order valence-electron chi connectivity index (χ2n) is 6.44. The molecule has 1 fully saturated rings. The van der Waals surface area contributed by atoms with Gasteiger partial charge >= 0.3 is 12.1 Å². The highest BCUT2D eigenvalue weighted by atomic mass is 19.4. The van der Waals surface area contributed by atoms with E-state index in [2.05, 4.69) is 0 Å². The second kappa shape index (κ2) is 6.44. The summed E-state index contributed by atoms with van der Waals surface area (Å²) in [5.74, 6) is -2.05. The summed E-state index contributed by atoms with van der Waals surface area (Å²) >= 11 is 0. The first kappa shape index (κ1) is 18.3. The van der Waals surface area contributed by atoms with Crippen molar-refractivity contribution in [3.05, 3.63) is 35.9 Å². The van der Waals surface area contributed by atoms with E-state index >= 15 is 0 Å². The van der Waals surface area contributed by atoms with Crippen molar-refractivity contribution < 1.29 is 18.0 Å². The van der Waals surface area contributed by atoms with Crippen LogP contribution in [0.25, 0.3) is 0 Å². The van der Waals surface area contributed by atoms with E-state index in [0.717, 1.165) is 5.56 Å². The lowest BCUT2D eigenvalue weighted by Gasteiger charge is -2.48. The minimum Gasteiger partial charge on any atom is -0.330 e. The number of nitriles is 1. The molecule has 1 aromatic rings. The van der Waals surface area contributed by atoms with Crippen molar-refractivity contribution in [1.29, 1.82) is 5.26 Å². The van der Waals surface area contributed by atoms with E-state index in [1.165, 1.54) is 0 Å². The minimum absolute atomic E-state index is 0.165. The predicted molar refractivity (Wildman–Crippen MR) is 82.8 cm³/mol. The molecule has 1 N–H and O–H groups in total. The molecule has 0 spiro atoms. The molecule has 1 saturated carbocycles. The van der Waals surface area contributed by atoms with Crippen LogP contribution in [-0.2, 0) is 10.3 Å². The molecular weight excluding hydrogens is 319 g/mol. The van der Waals surface area contributed by atoms with E-state index in [9.17, 15) is 23.2 Å². The number of carbonyl (C=O) groups excluding carboxylic acids is 1. The van der Waals surface area contributed by atoms with Crippen LogP contribution < -0.4 is 5.32 Å². The fourth-order valence-corrected chi connectivity index (χ4v) is 3.39. The standard InChI is InChI=1S/C17H20F3N3O/c1-23(2)16(13-6-4-3-5-7-13)10-8-15(12-21,9-11-16)22-14(24)17(18,19)20/h3-7H,8-11H2,1-2H3,(H,22,24).